The maximum atomic E-state index is 14.1. The molecule has 0 aromatic heterocycles. The molecule has 0 N–H and O–H groups in total. The van der Waals surface area contributed by atoms with Gasteiger partial charge in [0.15, 0.2) is 9.84 Å². The maximum Gasteiger partial charge on any atom is 0.244 e. The summed E-state index contributed by atoms with van der Waals surface area (Å²) in [6, 6.07) is 26.1. The Morgan fingerprint density at radius 2 is 1.26 bits per heavy atom. The zero-order valence-electron chi connectivity index (χ0n) is 22.4. The molecule has 7 heteroatoms. The number of nitrogens with zero attached hydrogens (tertiary/aromatic N) is 1. The standard InChI is InChI=1S/C31H33NO4S2/c1-22-17-24(3)31(25(4)18-22)38(35,36)32(21-29-10-7-6-9-23(29)2)20-26-13-15-27(16-14-26)28-11-8-12-30(19-28)37(5,33)34/h6-19H,20-21H2,1-5H3. The summed E-state index contributed by atoms with van der Waals surface area (Å²) in [5.74, 6) is 0. The van der Waals surface area contributed by atoms with E-state index in [1.165, 1.54) is 6.26 Å². The molecule has 0 radical (unpaired) electrons. The summed E-state index contributed by atoms with van der Waals surface area (Å²) < 4.78 is 53.7. The number of benzene rings is 4. The number of rotatable bonds is 8. The second-order valence-electron chi connectivity index (χ2n) is 9.92. The Morgan fingerprint density at radius 1 is 0.632 bits per heavy atom. The highest BCUT2D eigenvalue weighted by atomic mass is 32.2. The predicted molar refractivity (Wildman–Crippen MR) is 153 cm³/mol. The van der Waals surface area contributed by atoms with Gasteiger partial charge in [0.2, 0.25) is 10.0 Å². The Labute approximate surface area is 226 Å². The first kappa shape index (κ1) is 27.8. The molecule has 0 unspecified atom stereocenters. The van der Waals surface area contributed by atoms with E-state index in [2.05, 4.69) is 0 Å². The van der Waals surface area contributed by atoms with E-state index in [1.54, 1.807) is 22.5 Å². The molecule has 198 valence electrons. The van der Waals surface area contributed by atoms with Crippen LogP contribution in [0.5, 0.6) is 0 Å². The summed E-state index contributed by atoms with van der Waals surface area (Å²) >= 11 is 0. The third kappa shape index (κ3) is 6.07. The normalized spacial score (nSPS) is 12.2. The number of aryl methyl sites for hydroxylation is 4. The molecular formula is C31H33NO4S2. The lowest BCUT2D eigenvalue weighted by molar-refractivity contribution is 0.400. The van der Waals surface area contributed by atoms with E-state index in [-0.39, 0.29) is 18.0 Å². The molecule has 0 amide bonds. The van der Waals surface area contributed by atoms with Crippen molar-refractivity contribution in [3.63, 3.8) is 0 Å². The summed E-state index contributed by atoms with van der Waals surface area (Å²) in [7, 11) is -7.13. The third-order valence-electron chi connectivity index (χ3n) is 6.72. The molecule has 0 heterocycles. The number of hydrogen-bond acceptors (Lipinski definition) is 4. The van der Waals surface area contributed by atoms with Crippen LogP contribution in [0.1, 0.15) is 33.4 Å². The lowest BCUT2D eigenvalue weighted by Gasteiger charge is -2.25. The summed E-state index contributed by atoms with van der Waals surface area (Å²) in [5.41, 5.74) is 6.97. The molecule has 0 spiro atoms. The van der Waals surface area contributed by atoms with Crippen LogP contribution in [0.15, 0.2) is 94.7 Å². The van der Waals surface area contributed by atoms with Crippen molar-refractivity contribution in [2.24, 2.45) is 0 Å². The van der Waals surface area contributed by atoms with Crippen molar-refractivity contribution >= 4 is 19.9 Å². The van der Waals surface area contributed by atoms with Crippen LogP contribution >= 0.6 is 0 Å². The molecule has 0 aliphatic heterocycles. The third-order valence-corrected chi connectivity index (χ3v) is 9.93. The topological polar surface area (TPSA) is 71.5 Å². The average molecular weight is 548 g/mol. The molecule has 0 saturated carbocycles. The lowest BCUT2D eigenvalue weighted by atomic mass is 10.0. The van der Waals surface area contributed by atoms with Gasteiger partial charge in [-0.3, -0.25) is 0 Å². The van der Waals surface area contributed by atoms with Crippen molar-refractivity contribution < 1.29 is 16.8 Å². The van der Waals surface area contributed by atoms with Crippen LogP contribution in [0.2, 0.25) is 0 Å². The molecule has 0 aliphatic carbocycles. The van der Waals surface area contributed by atoms with Gasteiger partial charge in [-0.25, -0.2) is 16.8 Å². The average Bonchev–Trinajstić information content (AvgIpc) is 2.84. The van der Waals surface area contributed by atoms with E-state index in [9.17, 15) is 16.8 Å². The summed E-state index contributed by atoms with van der Waals surface area (Å²) in [5, 5.41) is 0. The molecule has 4 aromatic carbocycles. The molecule has 0 bridgehead atoms. The van der Waals surface area contributed by atoms with E-state index >= 15 is 0 Å². The Balaban J connectivity index is 1.71. The Morgan fingerprint density at radius 3 is 1.87 bits per heavy atom. The highest BCUT2D eigenvalue weighted by Crippen LogP contribution is 2.29. The zero-order chi connectivity index (χ0) is 27.7. The minimum Gasteiger partial charge on any atom is -0.224 e. The van der Waals surface area contributed by atoms with E-state index in [0.717, 1.165) is 44.5 Å². The maximum absolute atomic E-state index is 14.1. The molecule has 5 nitrogen and oxygen atoms in total. The minimum atomic E-state index is -3.81. The lowest BCUT2D eigenvalue weighted by Crippen LogP contribution is -2.31. The monoisotopic (exact) mass is 547 g/mol. The second kappa shape index (κ2) is 10.8. The van der Waals surface area contributed by atoms with Crippen molar-refractivity contribution in [1.29, 1.82) is 0 Å². The largest absolute Gasteiger partial charge is 0.244 e. The van der Waals surface area contributed by atoms with Crippen molar-refractivity contribution in [3.05, 3.63) is 118 Å². The summed E-state index contributed by atoms with van der Waals surface area (Å²) in [4.78, 5) is 0.615. The Kier molecular flexibility index (Phi) is 7.93. The van der Waals surface area contributed by atoms with Gasteiger partial charge in [0.25, 0.3) is 0 Å². The van der Waals surface area contributed by atoms with E-state index in [0.29, 0.717) is 4.90 Å². The first-order valence-corrected chi connectivity index (χ1v) is 15.7. The highest BCUT2D eigenvalue weighted by molar-refractivity contribution is 7.90. The molecule has 4 rings (SSSR count). The van der Waals surface area contributed by atoms with Crippen molar-refractivity contribution in [3.8, 4) is 11.1 Å². The number of hydrogen-bond donors (Lipinski definition) is 0. The number of sulfonamides is 1. The fraction of sp³-hybridized carbons (Fsp3) is 0.226. The molecule has 4 aromatic rings. The molecule has 0 saturated heterocycles. The Bertz CT molecular complexity index is 1670. The van der Waals surface area contributed by atoms with Crippen molar-refractivity contribution in [2.75, 3.05) is 6.26 Å². The second-order valence-corrected chi connectivity index (χ2v) is 13.8. The van der Waals surface area contributed by atoms with Crippen LogP contribution in [0, 0.1) is 27.7 Å². The van der Waals surface area contributed by atoms with Gasteiger partial charge in [0.1, 0.15) is 0 Å². The van der Waals surface area contributed by atoms with Crippen LogP contribution in [0.3, 0.4) is 0 Å². The summed E-state index contributed by atoms with van der Waals surface area (Å²) in [6.07, 6.45) is 1.19. The van der Waals surface area contributed by atoms with Crippen LogP contribution in [-0.2, 0) is 33.0 Å². The highest BCUT2D eigenvalue weighted by Gasteiger charge is 2.28. The molecule has 38 heavy (non-hydrogen) atoms. The first-order valence-electron chi connectivity index (χ1n) is 12.4. The molecule has 0 atom stereocenters. The van der Waals surface area contributed by atoms with Crippen LogP contribution in [0.25, 0.3) is 11.1 Å². The molecular weight excluding hydrogens is 514 g/mol. The van der Waals surface area contributed by atoms with E-state index < -0.39 is 19.9 Å². The van der Waals surface area contributed by atoms with Crippen molar-refractivity contribution in [2.45, 2.75) is 50.6 Å². The zero-order valence-corrected chi connectivity index (χ0v) is 24.0. The van der Waals surface area contributed by atoms with Crippen LogP contribution in [0.4, 0.5) is 0 Å². The molecule has 0 aliphatic rings. The van der Waals surface area contributed by atoms with E-state index in [1.807, 2.05) is 94.4 Å². The van der Waals surface area contributed by atoms with Gasteiger partial charge in [0.05, 0.1) is 9.79 Å². The fourth-order valence-electron chi connectivity index (χ4n) is 4.82. The predicted octanol–water partition coefficient (Wildman–Crippen LogP) is 6.38. The quantitative estimate of drug-likeness (QED) is 0.257. The van der Waals surface area contributed by atoms with Gasteiger partial charge in [-0.1, -0.05) is 78.4 Å². The van der Waals surface area contributed by atoms with Crippen LogP contribution in [-0.4, -0.2) is 27.4 Å². The van der Waals surface area contributed by atoms with Gasteiger partial charge in [0, 0.05) is 19.3 Å². The van der Waals surface area contributed by atoms with Gasteiger partial charge in [-0.2, -0.15) is 4.31 Å². The van der Waals surface area contributed by atoms with Gasteiger partial charge < -0.3 is 0 Å². The van der Waals surface area contributed by atoms with Gasteiger partial charge in [-0.15, -0.1) is 0 Å². The minimum absolute atomic E-state index is 0.201. The van der Waals surface area contributed by atoms with Gasteiger partial charge in [-0.05, 0) is 78.8 Å². The molecule has 0 fully saturated rings. The van der Waals surface area contributed by atoms with Crippen LogP contribution < -0.4 is 0 Å². The smallest absolute Gasteiger partial charge is 0.224 e. The Hall–Kier alpha value is -3.26. The number of sulfone groups is 1. The van der Waals surface area contributed by atoms with Crippen molar-refractivity contribution in [1.82, 2.24) is 4.31 Å². The fourth-order valence-corrected chi connectivity index (χ4v) is 7.30. The van der Waals surface area contributed by atoms with E-state index in [4.69, 9.17) is 0 Å². The van der Waals surface area contributed by atoms with Gasteiger partial charge >= 0.3 is 0 Å². The summed E-state index contributed by atoms with van der Waals surface area (Å²) in [6.45, 7) is 8.10. The first-order chi connectivity index (χ1) is 17.9. The SMILES string of the molecule is Cc1cc(C)c(S(=O)(=O)N(Cc2ccc(-c3cccc(S(C)(=O)=O)c3)cc2)Cc2ccccc2C)c(C)c1.